The first-order valence-corrected chi connectivity index (χ1v) is 6.45. The average Bonchev–Trinajstić information content (AvgIpc) is 2.76. The van der Waals surface area contributed by atoms with Crippen molar-refractivity contribution in [2.24, 2.45) is 12.8 Å². The van der Waals surface area contributed by atoms with E-state index in [0.717, 1.165) is 22.3 Å². The van der Waals surface area contributed by atoms with Crippen molar-refractivity contribution < 1.29 is 0 Å². The van der Waals surface area contributed by atoms with Gasteiger partial charge < -0.3 is 15.3 Å². The van der Waals surface area contributed by atoms with Crippen LogP contribution in [-0.4, -0.2) is 14.5 Å². The number of fused-ring (bicyclic) bond motifs is 1. The number of aryl methyl sites for hydroxylation is 2. The number of rotatable bonds is 2. The van der Waals surface area contributed by atoms with Crippen LogP contribution in [0.5, 0.6) is 0 Å². The van der Waals surface area contributed by atoms with Crippen molar-refractivity contribution >= 4 is 11.0 Å². The number of nitrogens with two attached hydrogens (primary N) is 1. The number of hydrogen-bond acceptors (Lipinski definition) is 3. The minimum Gasteiger partial charge on any atom is -0.364 e. The lowest BCUT2D eigenvalue weighted by Gasteiger charge is -2.03. The summed E-state index contributed by atoms with van der Waals surface area (Å²) in [6.45, 7) is 2.34. The Kier molecular flexibility index (Phi) is 2.91. The maximum absolute atomic E-state index is 12.1. The van der Waals surface area contributed by atoms with E-state index in [9.17, 15) is 4.79 Å². The smallest absolute Gasteiger partial charge is 0.192 e. The number of benzene rings is 1. The van der Waals surface area contributed by atoms with E-state index in [1.807, 2.05) is 36.7 Å². The number of aromatic amines is 1. The van der Waals surface area contributed by atoms with Gasteiger partial charge in [0.25, 0.3) is 0 Å². The van der Waals surface area contributed by atoms with Gasteiger partial charge in [-0.3, -0.25) is 4.79 Å². The van der Waals surface area contributed by atoms with Gasteiger partial charge in [-0.15, -0.1) is 0 Å². The standard InChI is InChI=1S/C15H16N4O/c1-9-5-14(20)11(8-17-9)15-18-12-4-3-10(7-16)6-13(12)19(15)2/h3-6,8H,7,16H2,1-2H3,(H,17,20). The van der Waals surface area contributed by atoms with E-state index in [1.54, 1.807) is 12.3 Å². The molecule has 0 aliphatic rings. The molecule has 3 rings (SSSR count). The van der Waals surface area contributed by atoms with Gasteiger partial charge in [-0.05, 0) is 24.6 Å². The number of H-pyrrole nitrogens is 1. The molecule has 0 saturated carbocycles. The molecule has 1 aromatic carbocycles. The molecule has 0 atom stereocenters. The Bertz CT molecular complexity index is 845. The summed E-state index contributed by atoms with van der Waals surface area (Å²) in [6.07, 6.45) is 1.71. The van der Waals surface area contributed by atoms with E-state index in [1.165, 1.54) is 0 Å². The predicted octanol–water partition coefficient (Wildman–Crippen LogP) is 1.70. The van der Waals surface area contributed by atoms with Crippen molar-refractivity contribution in [1.82, 2.24) is 14.5 Å². The molecule has 2 aromatic heterocycles. The Morgan fingerprint density at radius 3 is 2.85 bits per heavy atom. The second-order valence-corrected chi connectivity index (χ2v) is 4.92. The number of imidazole rings is 1. The molecule has 2 heterocycles. The van der Waals surface area contributed by atoms with Crippen LogP contribution in [0.2, 0.25) is 0 Å². The lowest BCUT2D eigenvalue weighted by Crippen LogP contribution is -2.08. The van der Waals surface area contributed by atoms with Crippen LogP contribution >= 0.6 is 0 Å². The molecule has 0 fully saturated rings. The number of nitrogens with zero attached hydrogens (tertiary/aromatic N) is 2. The summed E-state index contributed by atoms with van der Waals surface area (Å²) in [5.74, 6) is 0.662. The molecule has 5 nitrogen and oxygen atoms in total. The fourth-order valence-corrected chi connectivity index (χ4v) is 2.35. The third kappa shape index (κ3) is 1.92. The van der Waals surface area contributed by atoms with E-state index in [2.05, 4.69) is 9.97 Å². The second kappa shape index (κ2) is 4.61. The fraction of sp³-hybridized carbons (Fsp3) is 0.200. The summed E-state index contributed by atoms with van der Waals surface area (Å²) >= 11 is 0. The van der Waals surface area contributed by atoms with Crippen LogP contribution in [-0.2, 0) is 13.6 Å². The molecule has 0 spiro atoms. The zero-order chi connectivity index (χ0) is 14.3. The molecule has 0 unspecified atom stereocenters. The van der Waals surface area contributed by atoms with Crippen molar-refractivity contribution in [2.75, 3.05) is 0 Å². The molecule has 0 bridgehead atoms. The van der Waals surface area contributed by atoms with Crippen molar-refractivity contribution in [1.29, 1.82) is 0 Å². The van der Waals surface area contributed by atoms with E-state index in [-0.39, 0.29) is 5.43 Å². The van der Waals surface area contributed by atoms with Gasteiger partial charge in [0.15, 0.2) is 5.43 Å². The van der Waals surface area contributed by atoms with Gasteiger partial charge in [-0.1, -0.05) is 6.07 Å². The Labute approximate surface area is 116 Å². The van der Waals surface area contributed by atoms with Gasteiger partial charge in [0.2, 0.25) is 0 Å². The maximum Gasteiger partial charge on any atom is 0.192 e. The van der Waals surface area contributed by atoms with Crippen molar-refractivity contribution in [3.8, 4) is 11.4 Å². The third-order valence-electron chi connectivity index (χ3n) is 3.48. The Morgan fingerprint density at radius 1 is 1.35 bits per heavy atom. The molecule has 0 aliphatic heterocycles. The van der Waals surface area contributed by atoms with Crippen molar-refractivity contribution in [3.05, 3.63) is 51.9 Å². The number of nitrogens with one attached hydrogen (secondary N) is 1. The SMILES string of the molecule is Cc1cc(=O)c(-c2nc3ccc(CN)cc3n2C)c[nH]1. The Balaban J connectivity index is 2.26. The van der Waals surface area contributed by atoms with Crippen LogP contribution in [0.3, 0.4) is 0 Å². The molecular formula is C15H16N4O. The molecule has 5 heteroatoms. The second-order valence-electron chi connectivity index (χ2n) is 4.92. The molecule has 0 radical (unpaired) electrons. The van der Waals surface area contributed by atoms with Gasteiger partial charge in [-0.25, -0.2) is 4.98 Å². The van der Waals surface area contributed by atoms with Crippen LogP contribution in [0, 0.1) is 6.92 Å². The molecule has 3 aromatic rings. The van der Waals surface area contributed by atoms with Crippen molar-refractivity contribution in [3.63, 3.8) is 0 Å². The van der Waals surface area contributed by atoms with Gasteiger partial charge in [0.1, 0.15) is 5.82 Å². The number of hydrogen-bond donors (Lipinski definition) is 2. The first kappa shape index (κ1) is 12.6. The van der Waals surface area contributed by atoms with Crippen LogP contribution in [0.25, 0.3) is 22.4 Å². The molecular weight excluding hydrogens is 252 g/mol. The predicted molar refractivity (Wildman–Crippen MR) is 79.4 cm³/mol. The summed E-state index contributed by atoms with van der Waals surface area (Å²) in [6, 6.07) is 7.48. The summed E-state index contributed by atoms with van der Waals surface area (Å²) in [5, 5.41) is 0. The molecule has 3 N–H and O–H groups in total. The largest absolute Gasteiger partial charge is 0.364 e. The average molecular weight is 268 g/mol. The summed E-state index contributed by atoms with van der Waals surface area (Å²) in [7, 11) is 1.91. The van der Waals surface area contributed by atoms with Gasteiger partial charge in [0.05, 0.1) is 16.6 Å². The van der Waals surface area contributed by atoms with Crippen molar-refractivity contribution in [2.45, 2.75) is 13.5 Å². The normalized spacial score (nSPS) is 11.2. The van der Waals surface area contributed by atoms with Crippen LogP contribution in [0.1, 0.15) is 11.3 Å². The topological polar surface area (TPSA) is 76.7 Å². The zero-order valence-corrected chi connectivity index (χ0v) is 11.5. The molecule has 0 amide bonds. The fourth-order valence-electron chi connectivity index (χ4n) is 2.35. The first-order chi connectivity index (χ1) is 9.60. The van der Waals surface area contributed by atoms with E-state index >= 15 is 0 Å². The Hall–Kier alpha value is -2.40. The lowest BCUT2D eigenvalue weighted by atomic mass is 10.2. The van der Waals surface area contributed by atoms with Crippen LogP contribution in [0.15, 0.2) is 35.3 Å². The van der Waals surface area contributed by atoms with Crippen LogP contribution in [0.4, 0.5) is 0 Å². The Morgan fingerprint density at radius 2 is 2.15 bits per heavy atom. The molecule has 0 saturated heterocycles. The summed E-state index contributed by atoms with van der Waals surface area (Å²) in [5.41, 5.74) is 9.93. The minimum absolute atomic E-state index is 0.0290. The van der Waals surface area contributed by atoms with E-state index in [0.29, 0.717) is 17.9 Å². The highest BCUT2D eigenvalue weighted by atomic mass is 16.1. The van der Waals surface area contributed by atoms with E-state index < -0.39 is 0 Å². The third-order valence-corrected chi connectivity index (χ3v) is 3.48. The highest BCUT2D eigenvalue weighted by Gasteiger charge is 2.13. The van der Waals surface area contributed by atoms with Crippen LogP contribution < -0.4 is 11.2 Å². The number of pyridine rings is 1. The quantitative estimate of drug-likeness (QED) is 0.742. The van der Waals surface area contributed by atoms with Gasteiger partial charge in [0, 0.05) is 31.5 Å². The summed E-state index contributed by atoms with van der Waals surface area (Å²) < 4.78 is 1.92. The monoisotopic (exact) mass is 268 g/mol. The highest BCUT2D eigenvalue weighted by Crippen LogP contribution is 2.22. The highest BCUT2D eigenvalue weighted by molar-refractivity contribution is 5.81. The van der Waals surface area contributed by atoms with Gasteiger partial charge in [-0.2, -0.15) is 0 Å². The minimum atomic E-state index is -0.0290. The maximum atomic E-state index is 12.1. The molecule has 0 aliphatic carbocycles. The summed E-state index contributed by atoms with van der Waals surface area (Å²) in [4.78, 5) is 19.7. The van der Waals surface area contributed by atoms with E-state index in [4.69, 9.17) is 5.73 Å². The molecule has 20 heavy (non-hydrogen) atoms. The van der Waals surface area contributed by atoms with Gasteiger partial charge >= 0.3 is 0 Å². The zero-order valence-electron chi connectivity index (χ0n) is 11.5. The number of aromatic nitrogens is 3. The first-order valence-electron chi connectivity index (χ1n) is 6.45. The molecule has 102 valence electrons. The lowest BCUT2D eigenvalue weighted by molar-refractivity contribution is 0.951.